The van der Waals surface area contributed by atoms with Crippen molar-refractivity contribution in [2.24, 2.45) is 5.92 Å². The summed E-state index contributed by atoms with van der Waals surface area (Å²) in [6, 6.07) is 0. The van der Waals surface area contributed by atoms with E-state index in [1.54, 1.807) is 35.0 Å². The van der Waals surface area contributed by atoms with Crippen LogP contribution in [-0.2, 0) is 52.3 Å². The van der Waals surface area contributed by atoms with Crippen molar-refractivity contribution in [1.82, 2.24) is 5.32 Å². The minimum absolute atomic E-state index is 0.0116. The van der Waals surface area contributed by atoms with Gasteiger partial charge in [0.15, 0.2) is 12.1 Å². The molecule has 228 valence electrons. The first kappa shape index (κ1) is 37.0. The van der Waals surface area contributed by atoms with E-state index >= 15 is 0 Å². The number of carbonyl (C=O) groups is 4. The zero-order valence-corrected chi connectivity index (χ0v) is 24.5. The lowest BCUT2D eigenvalue weighted by molar-refractivity contribution is -0.161. The van der Waals surface area contributed by atoms with Crippen LogP contribution in [0.25, 0.3) is 0 Å². The summed E-state index contributed by atoms with van der Waals surface area (Å²) in [4.78, 5) is 47.7. The molecular weight excluding hydrogens is 514 g/mol. The standard InChI is InChI=1S/C27H49NO11/c1-21(29)18-22(26(32)39-27(2,3)4)9-10-24(31)28-11-13-36-15-16-37-19-23(30)8-7-12-35-14-17-38-20-25(33-5)34-6/h22,25H,7-20H2,1-6H3,(H,28,31). The van der Waals surface area contributed by atoms with Gasteiger partial charge in [-0.15, -0.1) is 0 Å². The number of methoxy groups -OCH3 is 2. The second kappa shape index (κ2) is 22.8. The minimum Gasteiger partial charge on any atom is -0.460 e. The molecule has 1 atom stereocenters. The average Bonchev–Trinajstić information content (AvgIpc) is 2.85. The SMILES string of the molecule is COC(COCCOCCCC(=O)COCCOCCNC(=O)CCC(CC(C)=O)C(=O)OC(C)(C)C)OC. The lowest BCUT2D eigenvalue weighted by Crippen LogP contribution is -2.32. The highest BCUT2D eigenvalue weighted by atomic mass is 16.7. The molecule has 0 saturated carbocycles. The van der Waals surface area contributed by atoms with E-state index in [0.29, 0.717) is 52.4 Å². The molecule has 0 radical (unpaired) electrons. The fraction of sp³-hybridized carbons (Fsp3) is 0.852. The molecule has 12 nitrogen and oxygen atoms in total. The Balaban J connectivity index is 3.73. The van der Waals surface area contributed by atoms with Crippen molar-refractivity contribution in [3.05, 3.63) is 0 Å². The Morgan fingerprint density at radius 3 is 2.03 bits per heavy atom. The Kier molecular flexibility index (Phi) is 21.7. The van der Waals surface area contributed by atoms with E-state index in [2.05, 4.69) is 5.32 Å². The lowest BCUT2D eigenvalue weighted by atomic mass is 9.97. The fourth-order valence-corrected chi connectivity index (χ4v) is 3.17. The van der Waals surface area contributed by atoms with Crippen molar-refractivity contribution >= 4 is 23.4 Å². The topological polar surface area (TPSA) is 145 Å². The molecule has 39 heavy (non-hydrogen) atoms. The molecule has 12 heteroatoms. The molecule has 0 heterocycles. The zero-order valence-electron chi connectivity index (χ0n) is 24.5. The second-order valence-electron chi connectivity index (χ2n) is 9.92. The van der Waals surface area contributed by atoms with Gasteiger partial charge in [0.2, 0.25) is 5.91 Å². The maximum atomic E-state index is 12.3. The van der Waals surface area contributed by atoms with Crippen molar-refractivity contribution in [2.45, 2.75) is 71.7 Å². The summed E-state index contributed by atoms with van der Waals surface area (Å²) in [7, 11) is 3.08. The van der Waals surface area contributed by atoms with Gasteiger partial charge >= 0.3 is 5.97 Å². The monoisotopic (exact) mass is 563 g/mol. The fourth-order valence-electron chi connectivity index (χ4n) is 3.17. The number of rotatable bonds is 25. The third kappa shape index (κ3) is 23.6. The van der Waals surface area contributed by atoms with E-state index in [9.17, 15) is 19.2 Å². The van der Waals surface area contributed by atoms with Gasteiger partial charge in [0.25, 0.3) is 0 Å². The molecule has 0 aliphatic carbocycles. The Labute approximate surface area is 232 Å². The van der Waals surface area contributed by atoms with Crippen LogP contribution in [-0.4, -0.2) is 109 Å². The molecule has 0 spiro atoms. The largest absolute Gasteiger partial charge is 0.460 e. The van der Waals surface area contributed by atoms with Gasteiger partial charge in [0, 0.05) is 46.6 Å². The van der Waals surface area contributed by atoms with Crippen LogP contribution in [0.3, 0.4) is 0 Å². The highest BCUT2D eigenvalue weighted by Gasteiger charge is 2.26. The molecular formula is C27H49NO11. The summed E-state index contributed by atoms with van der Waals surface area (Å²) < 4.78 is 36.8. The van der Waals surface area contributed by atoms with Crippen molar-refractivity contribution < 1.29 is 52.3 Å². The third-order valence-corrected chi connectivity index (χ3v) is 5.09. The van der Waals surface area contributed by atoms with E-state index in [0.717, 1.165) is 0 Å². The molecule has 0 aliphatic rings. The number of ketones is 2. The first-order valence-electron chi connectivity index (χ1n) is 13.4. The van der Waals surface area contributed by atoms with Crippen LogP contribution in [0.1, 0.15) is 59.8 Å². The maximum Gasteiger partial charge on any atom is 0.309 e. The van der Waals surface area contributed by atoms with E-state index in [1.165, 1.54) is 6.92 Å². The van der Waals surface area contributed by atoms with Gasteiger partial charge in [-0.2, -0.15) is 0 Å². The van der Waals surface area contributed by atoms with Crippen LogP contribution < -0.4 is 5.32 Å². The summed E-state index contributed by atoms with van der Waals surface area (Å²) in [5.74, 6) is -1.50. The molecule has 0 rings (SSSR count). The second-order valence-corrected chi connectivity index (χ2v) is 9.92. The molecule has 0 aromatic rings. The number of ether oxygens (including phenoxy) is 7. The van der Waals surface area contributed by atoms with Crippen LogP contribution in [0.4, 0.5) is 0 Å². The maximum absolute atomic E-state index is 12.3. The summed E-state index contributed by atoms with van der Waals surface area (Å²) in [6.45, 7) is 9.45. The van der Waals surface area contributed by atoms with E-state index in [1.807, 2.05) is 0 Å². The van der Waals surface area contributed by atoms with Gasteiger partial charge in [-0.25, -0.2) is 0 Å². The van der Waals surface area contributed by atoms with Crippen molar-refractivity contribution in [3.8, 4) is 0 Å². The molecule has 0 bridgehead atoms. The molecule has 1 N–H and O–H groups in total. The normalized spacial score (nSPS) is 12.4. The minimum atomic E-state index is -0.659. The summed E-state index contributed by atoms with van der Waals surface area (Å²) in [5, 5.41) is 2.72. The number of amides is 1. The number of hydrogen-bond acceptors (Lipinski definition) is 11. The van der Waals surface area contributed by atoms with Gasteiger partial charge in [0.05, 0.1) is 45.6 Å². The molecule has 1 amide bonds. The smallest absolute Gasteiger partial charge is 0.309 e. The number of Topliss-reactive ketones (excluding diaryl/α,β-unsaturated/α-hetero) is 2. The molecule has 0 saturated heterocycles. The Morgan fingerprint density at radius 2 is 1.41 bits per heavy atom. The molecule has 0 aliphatic heterocycles. The molecule has 1 unspecified atom stereocenters. The molecule has 0 aromatic carbocycles. The lowest BCUT2D eigenvalue weighted by Gasteiger charge is -2.23. The molecule has 0 fully saturated rings. The number of nitrogens with one attached hydrogen (secondary N) is 1. The average molecular weight is 564 g/mol. The van der Waals surface area contributed by atoms with Gasteiger partial charge in [-0.05, 0) is 40.5 Å². The van der Waals surface area contributed by atoms with E-state index in [-0.39, 0.29) is 56.6 Å². The van der Waals surface area contributed by atoms with Gasteiger partial charge in [0.1, 0.15) is 18.0 Å². The first-order chi connectivity index (χ1) is 18.5. The predicted molar refractivity (Wildman–Crippen MR) is 142 cm³/mol. The zero-order chi connectivity index (χ0) is 29.5. The highest BCUT2D eigenvalue weighted by molar-refractivity contribution is 5.84. The van der Waals surface area contributed by atoms with Crippen molar-refractivity contribution in [3.63, 3.8) is 0 Å². The quantitative estimate of drug-likeness (QED) is 0.0987. The van der Waals surface area contributed by atoms with Crippen LogP contribution >= 0.6 is 0 Å². The van der Waals surface area contributed by atoms with Crippen LogP contribution in [0, 0.1) is 5.92 Å². The van der Waals surface area contributed by atoms with Crippen LogP contribution in [0.5, 0.6) is 0 Å². The third-order valence-electron chi connectivity index (χ3n) is 5.09. The number of esters is 1. The summed E-state index contributed by atoms with van der Waals surface area (Å²) in [5.41, 5.74) is -0.659. The van der Waals surface area contributed by atoms with Gasteiger partial charge in [-0.3, -0.25) is 14.4 Å². The number of hydrogen-bond donors (Lipinski definition) is 1. The summed E-state index contributed by atoms with van der Waals surface area (Å²) in [6.07, 6.45) is 0.950. The number of carbonyl (C=O) groups excluding carboxylic acids is 4. The predicted octanol–water partition coefficient (Wildman–Crippen LogP) is 1.85. The highest BCUT2D eigenvalue weighted by Crippen LogP contribution is 2.18. The molecule has 0 aromatic heterocycles. The van der Waals surface area contributed by atoms with Gasteiger partial charge < -0.3 is 43.3 Å². The Morgan fingerprint density at radius 1 is 0.795 bits per heavy atom. The van der Waals surface area contributed by atoms with Crippen LogP contribution in [0.2, 0.25) is 0 Å². The first-order valence-corrected chi connectivity index (χ1v) is 13.4. The summed E-state index contributed by atoms with van der Waals surface area (Å²) >= 11 is 0. The van der Waals surface area contributed by atoms with Crippen LogP contribution in [0.15, 0.2) is 0 Å². The van der Waals surface area contributed by atoms with E-state index in [4.69, 9.17) is 33.2 Å². The van der Waals surface area contributed by atoms with Crippen molar-refractivity contribution in [2.75, 3.05) is 73.6 Å². The van der Waals surface area contributed by atoms with Gasteiger partial charge in [-0.1, -0.05) is 0 Å². The Bertz CT molecular complexity index is 690. The van der Waals surface area contributed by atoms with Crippen molar-refractivity contribution in [1.29, 1.82) is 0 Å². The Hall–Kier alpha value is -1.96. The van der Waals surface area contributed by atoms with E-state index < -0.39 is 23.8 Å².